The Balaban J connectivity index is 1.35. The third-order valence-electron chi connectivity index (χ3n) is 7.53. The molecule has 176 valence electrons. The van der Waals surface area contributed by atoms with Gasteiger partial charge in [-0.2, -0.15) is 0 Å². The van der Waals surface area contributed by atoms with Gasteiger partial charge in [-0.1, -0.05) is 6.07 Å². The summed E-state index contributed by atoms with van der Waals surface area (Å²) < 4.78 is 5.48. The highest BCUT2D eigenvalue weighted by molar-refractivity contribution is 6.22. The smallest absolute Gasteiger partial charge is 0.259 e. The van der Waals surface area contributed by atoms with E-state index in [1.165, 1.54) is 5.56 Å². The van der Waals surface area contributed by atoms with E-state index in [-0.39, 0.29) is 28.7 Å². The van der Waals surface area contributed by atoms with E-state index < -0.39 is 11.8 Å². The van der Waals surface area contributed by atoms with Crippen LogP contribution in [0.15, 0.2) is 36.4 Å². The zero-order valence-electron chi connectivity index (χ0n) is 19.3. The maximum atomic E-state index is 13.0. The summed E-state index contributed by atoms with van der Waals surface area (Å²) in [6, 6.07) is 10.8. The fourth-order valence-electron chi connectivity index (χ4n) is 5.76. The summed E-state index contributed by atoms with van der Waals surface area (Å²) in [6.45, 7) is 3.02. The van der Waals surface area contributed by atoms with Crippen molar-refractivity contribution in [3.63, 3.8) is 0 Å². The standard InChI is InChI=1S/C26H27N3O5/c1-15(30)29-9-7-26(8-10-29)14-16(19-6-4-18(34-2)13-22(19)26)11-23(31)27-17-3-5-20-21(12-17)25(33)28-24(20)32/h3-6,12-13,16H,7-11,14H2,1-2H3,(H,27,31)(H,28,32,33). The number of rotatable bonds is 4. The molecule has 2 heterocycles. The molecule has 3 aliphatic rings. The number of carbonyl (C=O) groups is 4. The summed E-state index contributed by atoms with van der Waals surface area (Å²) in [6.07, 6.45) is 2.87. The fourth-order valence-corrected chi connectivity index (χ4v) is 5.76. The third kappa shape index (κ3) is 3.73. The molecule has 2 aromatic carbocycles. The molecule has 1 spiro atoms. The van der Waals surface area contributed by atoms with Crippen molar-refractivity contribution < 1.29 is 23.9 Å². The number of carbonyl (C=O) groups excluding carboxylic acids is 4. The van der Waals surface area contributed by atoms with E-state index >= 15 is 0 Å². The predicted octanol–water partition coefficient (Wildman–Crippen LogP) is 2.98. The highest BCUT2D eigenvalue weighted by Gasteiger charge is 2.46. The first-order valence-corrected chi connectivity index (χ1v) is 11.5. The average molecular weight is 462 g/mol. The maximum Gasteiger partial charge on any atom is 0.259 e. The number of piperidine rings is 1. The topological polar surface area (TPSA) is 105 Å². The number of anilines is 1. The van der Waals surface area contributed by atoms with Gasteiger partial charge in [0.05, 0.1) is 18.2 Å². The molecular weight excluding hydrogens is 434 g/mol. The molecule has 0 radical (unpaired) electrons. The summed E-state index contributed by atoms with van der Waals surface area (Å²) >= 11 is 0. The quantitative estimate of drug-likeness (QED) is 0.681. The second-order valence-electron chi connectivity index (χ2n) is 9.44. The van der Waals surface area contributed by atoms with E-state index in [0.29, 0.717) is 30.8 Å². The Kier molecular flexibility index (Phi) is 5.38. The van der Waals surface area contributed by atoms with Crippen molar-refractivity contribution in [3.8, 4) is 5.75 Å². The second kappa shape index (κ2) is 8.27. The molecule has 1 aliphatic carbocycles. The molecule has 1 fully saturated rings. The molecule has 0 aromatic heterocycles. The molecular formula is C26H27N3O5. The molecule has 0 saturated carbocycles. The molecule has 5 rings (SSSR count). The first-order chi connectivity index (χ1) is 16.3. The number of fused-ring (bicyclic) bond motifs is 3. The maximum absolute atomic E-state index is 13.0. The number of hydrogen-bond acceptors (Lipinski definition) is 5. The van der Waals surface area contributed by atoms with Crippen LogP contribution in [0.25, 0.3) is 0 Å². The van der Waals surface area contributed by atoms with Crippen LogP contribution in [-0.2, 0) is 15.0 Å². The van der Waals surface area contributed by atoms with Crippen molar-refractivity contribution in [2.24, 2.45) is 0 Å². The van der Waals surface area contributed by atoms with Gasteiger partial charge in [-0.3, -0.25) is 24.5 Å². The molecule has 4 amide bonds. The normalized spacial score (nSPS) is 20.1. The van der Waals surface area contributed by atoms with Crippen molar-refractivity contribution >= 4 is 29.3 Å². The van der Waals surface area contributed by atoms with Crippen LogP contribution < -0.4 is 15.4 Å². The van der Waals surface area contributed by atoms with Gasteiger partial charge in [0.25, 0.3) is 11.8 Å². The lowest BCUT2D eigenvalue weighted by Gasteiger charge is -2.40. The van der Waals surface area contributed by atoms with E-state index in [0.717, 1.165) is 30.6 Å². The van der Waals surface area contributed by atoms with E-state index in [1.54, 1.807) is 32.2 Å². The highest BCUT2D eigenvalue weighted by Crippen LogP contribution is 2.53. The number of imide groups is 1. The van der Waals surface area contributed by atoms with Gasteiger partial charge < -0.3 is 15.0 Å². The van der Waals surface area contributed by atoms with Crippen LogP contribution in [0, 0.1) is 0 Å². The molecule has 2 aliphatic heterocycles. The number of amides is 4. The number of hydrogen-bond donors (Lipinski definition) is 2. The number of likely N-dealkylation sites (tertiary alicyclic amines) is 1. The average Bonchev–Trinajstić information content (AvgIpc) is 3.26. The van der Waals surface area contributed by atoms with E-state index in [1.807, 2.05) is 11.0 Å². The van der Waals surface area contributed by atoms with Crippen molar-refractivity contribution in [2.75, 3.05) is 25.5 Å². The van der Waals surface area contributed by atoms with Gasteiger partial charge in [-0.15, -0.1) is 0 Å². The van der Waals surface area contributed by atoms with Crippen LogP contribution in [0.4, 0.5) is 5.69 Å². The van der Waals surface area contributed by atoms with Crippen LogP contribution in [0.2, 0.25) is 0 Å². The molecule has 8 nitrogen and oxygen atoms in total. The Morgan fingerprint density at radius 1 is 1.09 bits per heavy atom. The van der Waals surface area contributed by atoms with Crippen LogP contribution >= 0.6 is 0 Å². The zero-order valence-corrected chi connectivity index (χ0v) is 19.3. The Morgan fingerprint density at radius 2 is 1.82 bits per heavy atom. The Labute approximate surface area is 197 Å². The SMILES string of the molecule is COc1ccc2c(c1)C1(CCN(C(C)=O)CC1)CC2CC(=O)Nc1ccc2c(c1)C(=O)NC2=O. The number of methoxy groups -OCH3 is 1. The van der Waals surface area contributed by atoms with E-state index in [4.69, 9.17) is 4.74 Å². The van der Waals surface area contributed by atoms with Crippen molar-refractivity contribution in [1.29, 1.82) is 0 Å². The van der Waals surface area contributed by atoms with Gasteiger partial charge in [0.2, 0.25) is 11.8 Å². The lowest BCUT2D eigenvalue weighted by molar-refractivity contribution is -0.130. The van der Waals surface area contributed by atoms with Crippen molar-refractivity contribution in [1.82, 2.24) is 10.2 Å². The summed E-state index contributed by atoms with van der Waals surface area (Å²) in [5.41, 5.74) is 3.39. The van der Waals surface area contributed by atoms with E-state index in [9.17, 15) is 19.2 Å². The number of nitrogens with one attached hydrogen (secondary N) is 2. The number of nitrogens with zero attached hydrogens (tertiary/aromatic N) is 1. The molecule has 2 N–H and O–H groups in total. The minimum absolute atomic E-state index is 0.0455. The first kappa shape index (κ1) is 22.1. The Morgan fingerprint density at radius 3 is 2.53 bits per heavy atom. The first-order valence-electron chi connectivity index (χ1n) is 11.5. The molecule has 0 bridgehead atoms. The van der Waals surface area contributed by atoms with Crippen molar-refractivity contribution in [2.45, 2.75) is 43.9 Å². The van der Waals surface area contributed by atoms with Gasteiger partial charge in [-0.25, -0.2) is 0 Å². The number of benzene rings is 2. The Bertz CT molecular complexity index is 1210. The molecule has 8 heteroatoms. The summed E-state index contributed by atoms with van der Waals surface area (Å²) in [5.74, 6) is -0.0769. The van der Waals surface area contributed by atoms with Crippen LogP contribution in [0.3, 0.4) is 0 Å². The highest BCUT2D eigenvalue weighted by atomic mass is 16.5. The summed E-state index contributed by atoms with van der Waals surface area (Å²) in [4.78, 5) is 50.4. The third-order valence-corrected chi connectivity index (χ3v) is 7.53. The molecule has 34 heavy (non-hydrogen) atoms. The lowest BCUT2D eigenvalue weighted by Crippen LogP contribution is -2.43. The largest absolute Gasteiger partial charge is 0.497 e. The second-order valence-corrected chi connectivity index (χ2v) is 9.44. The lowest BCUT2D eigenvalue weighted by atomic mass is 9.73. The molecule has 1 unspecified atom stereocenters. The minimum Gasteiger partial charge on any atom is -0.497 e. The van der Waals surface area contributed by atoms with Crippen LogP contribution in [0.1, 0.15) is 70.4 Å². The van der Waals surface area contributed by atoms with Gasteiger partial charge in [0.1, 0.15) is 5.75 Å². The van der Waals surface area contributed by atoms with E-state index in [2.05, 4.69) is 22.8 Å². The van der Waals surface area contributed by atoms with Crippen molar-refractivity contribution in [3.05, 3.63) is 58.7 Å². The van der Waals surface area contributed by atoms with Crippen LogP contribution in [-0.4, -0.2) is 48.7 Å². The fraction of sp³-hybridized carbons (Fsp3) is 0.385. The van der Waals surface area contributed by atoms with Gasteiger partial charge >= 0.3 is 0 Å². The zero-order chi connectivity index (χ0) is 24.0. The molecule has 1 saturated heterocycles. The number of ether oxygens (including phenoxy) is 1. The molecule has 2 aromatic rings. The monoisotopic (exact) mass is 461 g/mol. The molecule has 1 atom stereocenters. The van der Waals surface area contributed by atoms with Crippen LogP contribution in [0.5, 0.6) is 5.75 Å². The summed E-state index contributed by atoms with van der Waals surface area (Å²) in [7, 11) is 1.65. The Hall–Kier alpha value is -3.68. The van der Waals surface area contributed by atoms with Gasteiger partial charge in [0.15, 0.2) is 0 Å². The summed E-state index contributed by atoms with van der Waals surface area (Å²) in [5, 5.41) is 5.15. The minimum atomic E-state index is -0.450. The van der Waals surface area contributed by atoms with Gasteiger partial charge in [0, 0.05) is 32.1 Å². The van der Waals surface area contributed by atoms with Gasteiger partial charge in [-0.05, 0) is 72.1 Å². The predicted molar refractivity (Wildman–Crippen MR) is 125 cm³/mol.